The minimum Gasteiger partial charge on any atom is -0.374 e. The number of hydrogen-bond donors (Lipinski definition) is 1. The molecule has 0 aromatic carbocycles. The number of rotatable bonds is 3. The second kappa shape index (κ2) is 5.95. The van der Waals surface area contributed by atoms with Crippen molar-refractivity contribution in [3.05, 3.63) is 20.8 Å². The number of hydrogen-bond acceptors (Lipinski definition) is 4. The Morgan fingerprint density at radius 2 is 2.53 bits per heavy atom. The van der Waals surface area contributed by atoms with Gasteiger partial charge in [0.1, 0.15) is 0 Å². The lowest BCUT2D eigenvalue weighted by atomic mass is 10.3. The van der Waals surface area contributed by atoms with Gasteiger partial charge in [0.15, 0.2) is 0 Å². The molecule has 1 amide bonds. The highest BCUT2D eigenvalue weighted by Gasteiger charge is 2.18. The number of nitrogens with zero attached hydrogens (tertiary/aromatic N) is 1. The molecule has 4 nitrogen and oxygen atoms in total. The van der Waals surface area contributed by atoms with Crippen molar-refractivity contribution in [2.75, 3.05) is 33.3 Å². The topological polar surface area (TPSA) is 41.6 Å². The molecule has 17 heavy (non-hydrogen) atoms. The van der Waals surface area contributed by atoms with Gasteiger partial charge in [-0.1, -0.05) is 0 Å². The van der Waals surface area contributed by atoms with Crippen LogP contribution < -0.4 is 5.32 Å². The molecule has 1 unspecified atom stereocenters. The average Bonchev–Trinajstić information content (AvgIpc) is 2.73. The summed E-state index contributed by atoms with van der Waals surface area (Å²) in [5.74, 6) is -0.0301. The Morgan fingerprint density at radius 1 is 1.71 bits per heavy atom. The van der Waals surface area contributed by atoms with E-state index in [9.17, 15) is 4.79 Å². The summed E-state index contributed by atoms with van der Waals surface area (Å²) < 4.78 is 6.55. The number of nitrogens with one attached hydrogen (secondary N) is 1. The molecule has 0 spiro atoms. The maximum atomic E-state index is 11.8. The maximum Gasteiger partial charge on any atom is 0.261 e. The summed E-state index contributed by atoms with van der Waals surface area (Å²) in [6, 6.07) is 3.70. The molecule has 0 aliphatic carbocycles. The van der Waals surface area contributed by atoms with E-state index in [1.54, 1.807) is 0 Å². The van der Waals surface area contributed by atoms with Crippen LogP contribution >= 0.6 is 27.3 Å². The van der Waals surface area contributed by atoms with E-state index < -0.39 is 0 Å². The Labute approximate surface area is 113 Å². The molecular weight excluding hydrogens is 304 g/mol. The lowest BCUT2D eigenvalue weighted by Crippen LogP contribution is -2.45. The van der Waals surface area contributed by atoms with E-state index in [-0.39, 0.29) is 12.0 Å². The van der Waals surface area contributed by atoms with E-state index in [0.29, 0.717) is 6.54 Å². The van der Waals surface area contributed by atoms with Crippen LogP contribution in [-0.2, 0) is 4.74 Å². The third-order valence-electron chi connectivity index (χ3n) is 2.63. The van der Waals surface area contributed by atoms with Gasteiger partial charge in [-0.05, 0) is 35.1 Å². The first-order valence-electron chi connectivity index (χ1n) is 5.49. The first-order chi connectivity index (χ1) is 8.15. The molecule has 0 radical (unpaired) electrons. The van der Waals surface area contributed by atoms with E-state index in [2.05, 4.69) is 33.2 Å². The summed E-state index contributed by atoms with van der Waals surface area (Å²) in [7, 11) is 2.06. The smallest absolute Gasteiger partial charge is 0.261 e. The molecule has 1 aliphatic rings. The molecule has 2 heterocycles. The van der Waals surface area contributed by atoms with Crippen LogP contribution in [0.15, 0.2) is 15.9 Å². The van der Waals surface area contributed by atoms with Crippen LogP contribution in [0.3, 0.4) is 0 Å². The fraction of sp³-hybridized carbons (Fsp3) is 0.545. The first kappa shape index (κ1) is 13.0. The summed E-state index contributed by atoms with van der Waals surface area (Å²) in [6.07, 6.45) is 0.0982. The predicted molar refractivity (Wildman–Crippen MR) is 71.6 cm³/mol. The fourth-order valence-corrected chi connectivity index (χ4v) is 3.02. The summed E-state index contributed by atoms with van der Waals surface area (Å²) in [4.78, 5) is 14.7. The van der Waals surface area contributed by atoms with Crippen LogP contribution in [0.1, 0.15) is 9.67 Å². The van der Waals surface area contributed by atoms with Crippen LogP contribution in [0.5, 0.6) is 0 Å². The van der Waals surface area contributed by atoms with E-state index in [1.165, 1.54) is 11.3 Å². The third kappa shape index (κ3) is 3.77. The number of carbonyl (C=O) groups excluding carboxylic acids is 1. The monoisotopic (exact) mass is 318 g/mol. The van der Waals surface area contributed by atoms with Crippen LogP contribution in [0.2, 0.25) is 0 Å². The molecule has 1 aromatic rings. The van der Waals surface area contributed by atoms with Gasteiger partial charge in [-0.15, -0.1) is 11.3 Å². The number of likely N-dealkylation sites (N-methyl/N-ethyl adjacent to an activating group) is 1. The zero-order chi connectivity index (χ0) is 12.3. The fourth-order valence-electron chi connectivity index (χ4n) is 1.72. The normalized spacial score (nSPS) is 21.4. The summed E-state index contributed by atoms with van der Waals surface area (Å²) in [6.45, 7) is 3.14. The molecule has 2 rings (SSSR count). The Morgan fingerprint density at radius 3 is 3.18 bits per heavy atom. The number of morpholine rings is 1. The third-order valence-corrected chi connectivity index (χ3v) is 4.25. The predicted octanol–water partition coefficient (Wildman–Crippen LogP) is 1.57. The van der Waals surface area contributed by atoms with Gasteiger partial charge < -0.3 is 15.0 Å². The van der Waals surface area contributed by atoms with Crippen molar-refractivity contribution < 1.29 is 9.53 Å². The lowest BCUT2D eigenvalue weighted by Gasteiger charge is -2.30. The van der Waals surface area contributed by atoms with Crippen molar-refractivity contribution in [3.63, 3.8) is 0 Å². The Hall–Kier alpha value is -0.430. The zero-order valence-corrected chi connectivity index (χ0v) is 12.0. The minimum atomic E-state index is -0.0301. The van der Waals surface area contributed by atoms with Gasteiger partial charge in [-0.25, -0.2) is 0 Å². The van der Waals surface area contributed by atoms with E-state index in [0.717, 1.165) is 28.4 Å². The van der Waals surface area contributed by atoms with Crippen molar-refractivity contribution in [1.82, 2.24) is 10.2 Å². The SMILES string of the molecule is CN1CCOC(CNC(=O)c2ccc(Br)s2)C1. The molecular formula is C11H15BrN2O2S. The van der Waals surface area contributed by atoms with Gasteiger partial charge in [-0.2, -0.15) is 0 Å². The van der Waals surface area contributed by atoms with Gasteiger partial charge in [0, 0.05) is 19.6 Å². The van der Waals surface area contributed by atoms with Crippen molar-refractivity contribution in [2.24, 2.45) is 0 Å². The molecule has 0 saturated carbocycles. The minimum absolute atomic E-state index is 0.0301. The van der Waals surface area contributed by atoms with Gasteiger partial charge >= 0.3 is 0 Å². The van der Waals surface area contributed by atoms with Crippen molar-refractivity contribution in [2.45, 2.75) is 6.10 Å². The number of ether oxygens (including phenoxy) is 1. The van der Waals surface area contributed by atoms with Gasteiger partial charge in [0.05, 0.1) is 21.4 Å². The highest BCUT2D eigenvalue weighted by molar-refractivity contribution is 9.11. The van der Waals surface area contributed by atoms with Crippen LogP contribution in [0.25, 0.3) is 0 Å². The summed E-state index contributed by atoms with van der Waals surface area (Å²) in [5.41, 5.74) is 0. The largest absolute Gasteiger partial charge is 0.374 e. The number of amides is 1. The number of thiophene rings is 1. The maximum absolute atomic E-state index is 11.8. The molecule has 6 heteroatoms. The van der Waals surface area contributed by atoms with Gasteiger partial charge in [-0.3, -0.25) is 4.79 Å². The number of halogens is 1. The second-order valence-electron chi connectivity index (χ2n) is 4.07. The van der Waals surface area contributed by atoms with Crippen LogP contribution in [-0.4, -0.2) is 50.2 Å². The first-order valence-corrected chi connectivity index (χ1v) is 7.10. The van der Waals surface area contributed by atoms with Crippen molar-refractivity contribution in [3.8, 4) is 0 Å². The molecule has 1 fully saturated rings. The van der Waals surface area contributed by atoms with E-state index in [1.807, 2.05) is 12.1 Å². The molecule has 0 bridgehead atoms. The van der Waals surface area contributed by atoms with E-state index >= 15 is 0 Å². The van der Waals surface area contributed by atoms with Crippen molar-refractivity contribution in [1.29, 1.82) is 0 Å². The summed E-state index contributed by atoms with van der Waals surface area (Å²) >= 11 is 4.78. The second-order valence-corrected chi connectivity index (χ2v) is 6.53. The lowest BCUT2D eigenvalue weighted by molar-refractivity contribution is -0.0174. The highest BCUT2D eigenvalue weighted by Crippen LogP contribution is 2.21. The molecule has 1 atom stereocenters. The van der Waals surface area contributed by atoms with Gasteiger partial charge in [0.2, 0.25) is 0 Å². The molecule has 1 N–H and O–H groups in total. The van der Waals surface area contributed by atoms with Crippen molar-refractivity contribution >= 4 is 33.2 Å². The zero-order valence-electron chi connectivity index (χ0n) is 9.61. The Kier molecular flexibility index (Phi) is 4.55. The quantitative estimate of drug-likeness (QED) is 0.920. The molecule has 94 valence electrons. The molecule has 1 aliphatic heterocycles. The Balaban J connectivity index is 1.80. The van der Waals surface area contributed by atoms with Gasteiger partial charge in [0.25, 0.3) is 5.91 Å². The standard InChI is InChI=1S/C11H15BrN2O2S/c1-14-4-5-16-8(7-14)6-13-11(15)9-2-3-10(12)17-9/h2-3,8H,4-7H2,1H3,(H,13,15). The van der Waals surface area contributed by atoms with E-state index in [4.69, 9.17) is 4.74 Å². The molecule has 1 aromatic heterocycles. The Bertz CT molecular complexity index is 397. The average molecular weight is 319 g/mol. The van der Waals surface area contributed by atoms with Crippen LogP contribution in [0.4, 0.5) is 0 Å². The highest BCUT2D eigenvalue weighted by atomic mass is 79.9. The molecule has 1 saturated heterocycles. The summed E-state index contributed by atoms with van der Waals surface area (Å²) in [5, 5.41) is 2.90. The van der Waals surface area contributed by atoms with Crippen LogP contribution in [0, 0.1) is 0 Å². The number of carbonyl (C=O) groups is 1.